The lowest BCUT2D eigenvalue weighted by Gasteiger charge is -2.09. The third kappa shape index (κ3) is 3.65. The number of hydrazine groups is 1. The predicted octanol–water partition coefficient (Wildman–Crippen LogP) is 1.69. The fourth-order valence-electron chi connectivity index (χ4n) is 1.47. The van der Waals surface area contributed by atoms with Crippen LogP contribution in [0.4, 0.5) is 32.1 Å². The van der Waals surface area contributed by atoms with Crippen LogP contribution in [0.2, 0.25) is 0 Å². The molecule has 1 aromatic carbocycles. The first-order chi connectivity index (χ1) is 9.56. The lowest BCUT2D eigenvalue weighted by atomic mass is 10.3. The van der Waals surface area contributed by atoms with Crippen molar-refractivity contribution in [2.24, 2.45) is 5.84 Å². The molecule has 0 aliphatic rings. The molecule has 0 radical (unpaired) electrons. The number of nitrogens with one attached hydrogen (secondary N) is 2. The van der Waals surface area contributed by atoms with Gasteiger partial charge in [0.25, 0.3) is 0 Å². The molecule has 7 nitrogen and oxygen atoms in total. The van der Waals surface area contributed by atoms with Crippen LogP contribution in [-0.2, 0) is 0 Å². The summed E-state index contributed by atoms with van der Waals surface area (Å²) in [4.78, 5) is 7.78. The van der Waals surface area contributed by atoms with Gasteiger partial charge in [-0.3, -0.25) is 0 Å². The number of ether oxygens (including phenoxy) is 1. The number of hydrogen-bond donors (Lipinski definition) is 4. The normalized spacial score (nSPS) is 10.4. The molecule has 0 fully saturated rings. The van der Waals surface area contributed by atoms with E-state index in [1.54, 1.807) is 18.2 Å². The summed E-state index contributed by atoms with van der Waals surface area (Å²) in [6.07, 6.45) is 0. The summed E-state index contributed by atoms with van der Waals surface area (Å²) in [5.41, 5.74) is 8.47. The van der Waals surface area contributed by atoms with Crippen LogP contribution in [0.1, 0.15) is 0 Å². The number of nitrogens with zero attached hydrogens (tertiary/aromatic N) is 2. The van der Waals surface area contributed by atoms with Crippen molar-refractivity contribution in [1.29, 1.82) is 0 Å². The second-order valence-electron chi connectivity index (χ2n) is 3.67. The van der Waals surface area contributed by atoms with Crippen molar-refractivity contribution in [3.05, 3.63) is 30.3 Å². The highest BCUT2D eigenvalue weighted by molar-refractivity contribution is 5.61. The number of rotatable bonds is 5. The summed E-state index contributed by atoms with van der Waals surface area (Å²) in [5.74, 6) is 6.10. The van der Waals surface area contributed by atoms with Gasteiger partial charge in [0.15, 0.2) is 0 Å². The summed E-state index contributed by atoms with van der Waals surface area (Å²) in [5, 5.41) is 2.93. The Morgan fingerprint density at radius 3 is 2.35 bits per heavy atom. The molecule has 0 aliphatic heterocycles. The Morgan fingerprint density at radius 1 is 1.10 bits per heavy atom. The Balaban J connectivity index is 2.11. The van der Waals surface area contributed by atoms with E-state index < -0.39 is 6.61 Å². The van der Waals surface area contributed by atoms with Crippen LogP contribution in [0.25, 0.3) is 0 Å². The quantitative estimate of drug-likeness (QED) is 0.487. The maximum Gasteiger partial charge on any atom is 0.387 e. The maximum atomic E-state index is 12.0. The fraction of sp³-hybridized carbons (Fsp3) is 0.0909. The van der Waals surface area contributed by atoms with Crippen LogP contribution < -0.4 is 27.1 Å². The van der Waals surface area contributed by atoms with Gasteiger partial charge in [-0.1, -0.05) is 0 Å². The lowest BCUT2D eigenvalue weighted by Crippen LogP contribution is -2.11. The monoisotopic (exact) mass is 282 g/mol. The van der Waals surface area contributed by atoms with Gasteiger partial charge in [0, 0.05) is 11.8 Å². The molecule has 0 amide bonds. The van der Waals surface area contributed by atoms with E-state index in [2.05, 4.69) is 25.4 Å². The van der Waals surface area contributed by atoms with Crippen LogP contribution in [0.3, 0.4) is 0 Å². The van der Waals surface area contributed by atoms with Gasteiger partial charge in [0.2, 0.25) is 5.95 Å². The molecule has 0 saturated heterocycles. The van der Waals surface area contributed by atoms with Crippen molar-refractivity contribution in [3.8, 4) is 5.75 Å². The molecular formula is C11H12F2N6O. The molecule has 20 heavy (non-hydrogen) atoms. The van der Waals surface area contributed by atoms with E-state index in [9.17, 15) is 8.78 Å². The Kier molecular flexibility index (Phi) is 4.11. The Hall–Kier alpha value is -2.68. The molecule has 0 unspecified atom stereocenters. The highest BCUT2D eigenvalue weighted by atomic mass is 19.3. The molecule has 2 aromatic rings. The van der Waals surface area contributed by atoms with Gasteiger partial charge >= 0.3 is 6.61 Å². The number of hydrogen-bond acceptors (Lipinski definition) is 7. The maximum absolute atomic E-state index is 12.0. The van der Waals surface area contributed by atoms with Gasteiger partial charge in [-0.2, -0.15) is 18.7 Å². The second kappa shape index (κ2) is 5.97. The SMILES string of the molecule is NNc1cc(Nc2ccc(OC(F)F)cc2)nc(N)n1. The summed E-state index contributed by atoms with van der Waals surface area (Å²) in [7, 11) is 0. The molecule has 0 spiro atoms. The molecule has 2 rings (SSSR count). The first-order valence-corrected chi connectivity index (χ1v) is 5.50. The van der Waals surface area contributed by atoms with Gasteiger partial charge in [0.05, 0.1) is 0 Å². The van der Waals surface area contributed by atoms with Gasteiger partial charge in [-0.25, -0.2) is 5.84 Å². The van der Waals surface area contributed by atoms with Crippen LogP contribution in [0, 0.1) is 0 Å². The van der Waals surface area contributed by atoms with E-state index in [1.807, 2.05) is 0 Å². The minimum absolute atomic E-state index is 0.0422. The van der Waals surface area contributed by atoms with Crippen LogP contribution in [-0.4, -0.2) is 16.6 Å². The number of nitrogen functional groups attached to an aromatic ring is 2. The van der Waals surface area contributed by atoms with Gasteiger partial charge in [0.1, 0.15) is 17.4 Å². The van der Waals surface area contributed by atoms with Crippen LogP contribution >= 0.6 is 0 Å². The van der Waals surface area contributed by atoms with Crippen molar-refractivity contribution in [1.82, 2.24) is 9.97 Å². The smallest absolute Gasteiger partial charge is 0.387 e. The number of anilines is 4. The van der Waals surface area contributed by atoms with Gasteiger partial charge < -0.3 is 21.2 Å². The summed E-state index contributed by atoms with van der Waals surface area (Å²) in [6, 6.07) is 7.47. The third-order valence-corrected chi connectivity index (χ3v) is 2.24. The minimum Gasteiger partial charge on any atom is -0.435 e. The Bertz CT molecular complexity index is 578. The molecule has 1 aromatic heterocycles. The van der Waals surface area contributed by atoms with Crippen LogP contribution in [0.15, 0.2) is 30.3 Å². The first-order valence-electron chi connectivity index (χ1n) is 5.50. The third-order valence-electron chi connectivity index (χ3n) is 2.24. The number of nitrogens with two attached hydrogens (primary N) is 2. The first kappa shape index (κ1) is 13.7. The lowest BCUT2D eigenvalue weighted by molar-refractivity contribution is -0.0498. The highest BCUT2D eigenvalue weighted by Crippen LogP contribution is 2.21. The average Bonchev–Trinajstić information content (AvgIpc) is 2.39. The zero-order chi connectivity index (χ0) is 14.5. The largest absolute Gasteiger partial charge is 0.435 e. The van der Waals surface area contributed by atoms with Crippen molar-refractivity contribution in [3.63, 3.8) is 0 Å². The zero-order valence-electron chi connectivity index (χ0n) is 10.2. The molecule has 0 aliphatic carbocycles. The standard InChI is InChI=1S/C11H12F2N6O/c12-10(13)20-7-3-1-6(2-4-7)16-8-5-9(19-15)18-11(14)17-8/h1-5,10H,15H2,(H4,14,16,17,18,19). The van der Waals surface area contributed by atoms with E-state index in [1.165, 1.54) is 12.1 Å². The van der Waals surface area contributed by atoms with E-state index in [4.69, 9.17) is 11.6 Å². The summed E-state index contributed by atoms with van der Waals surface area (Å²) in [6.45, 7) is -2.85. The zero-order valence-corrected chi connectivity index (χ0v) is 10.2. The van der Waals surface area contributed by atoms with E-state index in [-0.39, 0.29) is 11.7 Å². The van der Waals surface area contributed by atoms with Crippen molar-refractivity contribution < 1.29 is 13.5 Å². The number of halogens is 2. The minimum atomic E-state index is -2.85. The van der Waals surface area contributed by atoms with Crippen molar-refractivity contribution in [2.45, 2.75) is 6.61 Å². The number of alkyl halides is 2. The second-order valence-corrected chi connectivity index (χ2v) is 3.67. The fourth-order valence-corrected chi connectivity index (χ4v) is 1.47. The highest BCUT2D eigenvalue weighted by Gasteiger charge is 2.05. The van der Waals surface area contributed by atoms with Crippen molar-refractivity contribution in [2.75, 3.05) is 16.5 Å². The summed E-state index contributed by atoms with van der Waals surface area (Å²) >= 11 is 0. The molecule has 1 heterocycles. The topological polar surface area (TPSA) is 111 Å². The molecule has 0 bridgehead atoms. The van der Waals surface area contributed by atoms with E-state index >= 15 is 0 Å². The molecule has 0 atom stereocenters. The summed E-state index contributed by atoms with van der Waals surface area (Å²) < 4.78 is 28.3. The Morgan fingerprint density at radius 2 is 1.75 bits per heavy atom. The van der Waals surface area contributed by atoms with Crippen molar-refractivity contribution >= 4 is 23.3 Å². The predicted molar refractivity (Wildman–Crippen MR) is 70.6 cm³/mol. The molecule has 106 valence electrons. The average molecular weight is 282 g/mol. The number of benzene rings is 1. The molecular weight excluding hydrogens is 270 g/mol. The molecule has 6 N–H and O–H groups in total. The van der Waals surface area contributed by atoms with E-state index in [0.29, 0.717) is 17.3 Å². The molecule has 9 heteroatoms. The van der Waals surface area contributed by atoms with Crippen LogP contribution in [0.5, 0.6) is 5.75 Å². The van der Waals surface area contributed by atoms with Gasteiger partial charge in [-0.05, 0) is 24.3 Å². The molecule has 0 saturated carbocycles. The Labute approximate surface area is 112 Å². The van der Waals surface area contributed by atoms with Gasteiger partial charge in [-0.15, -0.1) is 0 Å². The number of aromatic nitrogens is 2. The van der Waals surface area contributed by atoms with E-state index in [0.717, 1.165) is 0 Å².